The van der Waals surface area contributed by atoms with E-state index in [9.17, 15) is 26.7 Å². The third-order valence-electron chi connectivity index (χ3n) is 8.08. The zero-order valence-corrected chi connectivity index (χ0v) is 21.2. The van der Waals surface area contributed by atoms with Gasteiger partial charge in [-0.05, 0) is 36.3 Å². The molecule has 1 saturated carbocycles. The van der Waals surface area contributed by atoms with Gasteiger partial charge in [0.05, 0.1) is 5.56 Å². The van der Waals surface area contributed by atoms with Crippen molar-refractivity contribution < 1.29 is 31.3 Å². The van der Waals surface area contributed by atoms with Crippen molar-refractivity contribution in [2.75, 3.05) is 0 Å². The van der Waals surface area contributed by atoms with E-state index in [4.69, 9.17) is 5.73 Å². The molecule has 1 aromatic heterocycles. The quantitative estimate of drug-likeness (QED) is 0.140. The van der Waals surface area contributed by atoms with E-state index in [-0.39, 0.29) is 12.0 Å². The maximum Gasteiger partial charge on any atom is 0.253 e. The molecule has 202 valence electrons. The van der Waals surface area contributed by atoms with E-state index in [1.165, 1.54) is 4.57 Å². The molecule has 4 aromatic rings. The normalized spacial score (nSPS) is 17.5. The maximum atomic E-state index is 14.3. The fourth-order valence-electron chi connectivity index (χ4n) is 6.16. The third-order valence-corrected chi connectivity index (χ3v) is 8.08. The Balaban J connectivity index is 1.49. The standard InChI is InChI=1S/C30H26F5N3O/c1-18-37(17-23-24(31)26(33)28(35)27(34)25(23)32)14-15-38(18)22-13-12-21(16-22)30(29(36)39,19-8-4-2-5-9-19)20-10-6-3-7-11-20/h2-11,14-15,21-22H,12-13,16-17H2,1H3,(H-,36,39)/p+1/t21-,22+/m0/s1. The molecule has 3 aromatic carbocycles. The van der Waals surface area contributed by atoms with Crippen LogP contribution in [0, 0.1) is 41.9 Å². The van der Waals surface area contributed by atoms with Gasteiger partial charge in [-0.3, -0.25) is 4.79 Å². The fraction of sp³-hybridized carbons (Fsp3) is 0.267. The Hall–Kier alpha value is -4.01. The van der Waals surface area contributed by atoms with Crippen molar-refractivity contribution in [3.8, 4) is 0 Å². The van der Waals surface area contributed by atoms with E-state index in [0.717, 1.165) is 11.1 Å². The van der Waals surface area contributed by atoms with Crippen molar-refractivity contribution >= 4 is 5.91 Å². The number of carbonyl (C=O) groups excluding carboxylic acids is 1. The second-order valence-electron chi connectivity index (χ2n) is 10.00. The molecule has 0 bridgehead atoms. The summed E-state index contributed by atoms with van der Waals surface area (Å²) in [6.45, 7) is 1.19. The first-order chi connectivity index (χ1) is 18.7. The minimum atomic E-state index is -2.18. The Bertz CT molecular complexity index is 1450. The summed E-state index contributed by atoms with van der Waals surface area (Å²) in [5.41, 5.74) is 5.82. The second-order valence-corrected chi connectivity index (χ2v) is 10.00. The van der Waals surface area contributed by atoms with Crippen LogP contribution >= 0.6 is 0 Å². The number of aromatic nitrogens is 2. The van der Waals surface area contributed by atoms with E-state index in [1.54, 1.807) is 19.3 Å². The molecule has 4 nitrogen and oxygen atoms in total. The highest BCUT2D eigenvalue weighted by atomic mass is 19.2. The predicted octanol–water partition coefficient (Wildman–Crippen LogP) is 5.64. The van der Waals surface area contributed by atoms with Crippen LogP contribution < -0.4 is 10.3 Å². The highest BCUT2D eigenvalue weighted by Gasteiger charge is 2.51. The Labute approximate surface area is 222 Å². The molecule has 5 rings (SSSR count). The summed E-state index contributed by atoms with van der Waals surface area (Å²) in [5.74, 6) is -9.82. The SMILES string of the molecule is Cc1n([C@@H]2CC[C@H](C(C(N)=O)(c3ccccc3)c3ccccc3)C2)cc[n+]1Cc1c(F)c(F)c(F)c(F)c1F. The molecule has 2 atom stereocenters. The van der Waals surface area contributed by atoms with Gasteiger partial charge in [0.2, 0.25) is 11.7 Å². The molecule has 2 N–H and O–H groups in total. The number of benzene rings is 3. The summed E-state index contributed by atoms with van der Waals surface area (Å²) in [6, 6.07) is 18.8. The molecule has 1 amide bonds. The first kappa shape index (κ1) is 26.6. The molecule has 0 spiro atoms. The van der Waals surface area contributed by atoms with Crippen molar-refractivity contribution in [1.29, 1.82) is 0 Å². The fourth-order valence-corrected chi connectivity index (χ4v) is 6.16. The predicted molar refractivity (Wildman–Crippen MR) is 134 cm³/mol. The molecule has 0 radical (unpaired) electrons. The highest BCUT2D eigenvalue weighted by Crippen LogP contribution is 2.50. The van der Waals surface area contributed by atoms with E-state index in [0.29, 0.717) is 25.1 Å². The zero-order valence-electron chi connectivity index (χ0n) is 21.2. The van der Waals surface area contributed by atoms with E-state index in [2.05, 4.69) is 0 Å². The van der Waals surface area contributed by atoms with Crippen LogP contribution in [0.3, 0.4) is 0 Å². The summed E-state index contributed by atoms with van der Waals surface area (Å²) < 4.78 is 73.0. The summed E-state index contributed by atoms with van der Waals surface area (Å²) >= 11 is 0. The summed E-state index contributed by atoms with van der Waals surface area (Å²) in [4.78, 5) is 13.3. The van der Waals surface area contributed by atoms with Crippen LogP contribution in [0.2, 0.25) is 0 Å². The Morgan fingerprint density at radius 2 is 1.38 bits per heavy atom. The zero-order chi connectivity index (χ0) is 27.9. The smallest absolute Gasteiger partial charge is 0.253 e. The lowest BCUT2D eigenvalue weighted by atomic mass is 9.64. The lowest BCUT2D eigenvalue weighted by Gasteiger charge is -2.37. The minimum absolute atomic E-state index is 0.0706. The van der Waals surface area contributed by atoms with Gasteiger partial charge in [0, 0.05) is 6.92 Å². The van der Waals surface area contributed by atoms with Crippen LogP contribution in [-0.2, 0) is 16.8 Å². The number of primary amides is 1. The number of carbonyl (C=O) groups is 1. The molecular formula is C30H27F5N3O+. The van der Waals surface area contributed by atoms with Gasteiger partial charge in [-0.2, -0.15) is 0 Å². The molecule has 0 unspecified atom stereocenters. The number of nitrogens with two attached hydrogens (primary N) is 1. The number of hydrogen-bond donors (Lipinski definition) is 1. The number of rotatable bonds is 7. The van der Waals surface area contributed by atoms with Crippen LogP contribution in [0.5, 0.6) is 0 Å². The van der Waals surface area contributed by atoms with Gasteiger partial charge >= 0.3 is 0 Å². The summed E-state index contributed by atoms with van der Waals surface area (Å²) in [5, 5.41) is 0. The first-order valence-corrected chi connectivity index (χ1v) is 12.7. The van der Waals surface area contributed by atoms with Crippen LogP contribution in [0.25, 0.3) is 0 Å². The Morgan fingerprint density at radius 3 is 1.90 bits per heavy atom. The van der Waals surface area contributed by atoms with Gasteiger partial charge in [-0.25, -0.2) is 31.1 Å². The van der Waals surface area contributed by atoms with Gasteiger partial charge in [0.1, 0.15) is 30.4 Å². The third kappa shape index (κ3) is 4.30. The molecule has 0 saturated heterocycles. The monoisotopic (exact) mass is 540 g/mol. The number of halogens is 5. The van der Waals surface area contributed by atoms with Crippen LogP contribution in [0.4, 0.5) is 22.0 Å². The average molecular weight is 541 g/mol. The number of amides is 1. The molecular weight excluding hydrogens is 513 g/mol. The second kappa shape index (κ2) is 10.3. The number of imidazole rings is 1. The van der Waals surface area contributed by atoms with Gasteiger partial charge in [-0.1, -0.05) is 60.7 Å². The molecule has 1 aliphatic rings. The van der Waals surface area contributed by atoms with Crippen LogP contribution in [0.1, 0.15) is 47.8 Å². The lowest BCUT2D eigenvalue weighted by molar-refractivity contribution is -0.694. The van der Waals surface area contributed by atoms with Crippen molar-refractivity contribution in [2.24, 2.45) is 11.7 Å². The summed E-state index contributed by atoms with van der Waals surface area (Å²) in [6.07, 6.45) is 5.26. The largest absolute Gasteiger partial charge is 0.369 e. The van der Waals surface area contributed by atoms with Crippen molar-refractivity contribution in [3.63, 3.8) is 0 Å². The Morgan fingerprint density at radius 1 is 0.872 bits per heavy atom. The maximum absolute atomic E-state index is 14.3. The molecule has 39 heavy (non-hydrogen) atoms. The minimum Gasteiger partial charge on any atom is -0.369 e. The molecule has 9 heteroatoms. The van der Waals surface area contributed by atoms with Gasteiger partial charge < -0.3 is 5.73 Å². The molecule has 1 aliphatic carbocycles. The van der Waals surface area contributed by atoms with E-state index < -0.39 is 52.5 Å². The van der Waals surface area contributed by atoms with Crippen molar-refractivity contribution in [3.05, 3.63) is 125 Å². The van der Waals surface area contributed by atoms with E-state index in [1.807, 2.05) is 65.2 Å². The molecule has 1 heterocycles. The van der Waals surface area contributed by atoms with Gasteiger partial charge in [-0.15, -0.1) is 0 Å². The van der Waals surface area contributed by atoms with Crippen LogP contribution in [-0.4, -0.2) is 10.5 Å². The van der Waals surface area contributed by atoms with Crippen LogP contribution in [0.15, 0.2) is 73.1 Å². The molecule has 1 fully saturated rings. The van der Waals surface area contributed by atoms with Crippen molar-refractivity contribution in [1.82, 2.24) is 4.57 Å². The van der Waals surface area contributed by atoms with Crippen molar-refractivity contribution in [2.45, 2.75) is 44.2 Å². The first-order valence-electron chi connectivity index (χ1n) is 12.7. The topological polar surface area (TPSA) is 51.9 Å². The highest BCUT2D eigenvalue weighted by molar-refractivity contribution is 5.91. The average Bonchev–Trinajstić information content (AvgIpc) is 3.57. The number of hydrogen-bond acceptors (Lipinski definition) is 1. The van der Waals surface area contributed by atoms with Gasteiger partial charge in [0.25, 0.3) is 5.82 Å². The van der Waals surface area contributed by atoms with Gasteiger partial charge in [0.15, 0.2) is 23.3 Å². The molecule has 0 aliphatic heterocycles. The summed E-state index contributed by atoms with van der Waals surface area (Å²) in [7, 11) is 0. The van der Waals surface area contributed by atoms with E-state index >= 15 is 0 Å². The Kier molecular flexibility index (Phi) is 7.01. The number of nitrogens with zero attached hydrogens (tertiary/aromatic N) is 2. The lowest BCUT2D eigenvalue weighted by Crippen LogP contribution is -2.47.